The standard InChI is InChI=1S/C19H23ClN2O3.ClH/c1-24-18-7-5-14(12-16(18)20)17-8-6-15(25-17)13-21-9-3-11-22-10-2-4-19(22)23;/h5-8,12,21H,2-4,9-11,13H2,1H3;1H. The lowest BCUT2D eigenvalue weighted by atomic mass is 10.2. The van der Waals surface area contributed by atoms with E-state index in [1.54, 1.807) is 7.11 Å². The Kier molecular flexibility index (Phi) is 7.82. The molecule has 1 saturated heterocycles. The van der Waals surface area contributed by atoms with Crippen LogP contribution in [0, 0.1) is 0 Å². The third kappa shape index (κ3) is 5.16. The monoisotopic (exact) mass is 398 g/mol. The van der Waals surface area contributed by atoms with Crippen LogP contribution in [0.1, 0.15) is 25.0 Å². The minimum atomic E-state index is 0. The molecule has 1 aromatic carbocycles. The lowest BCUT2D eigenvalue weighted by molar-refractivity contribution is -0.127. The highest BCUT2D eigenvalue weighted by atomic mass is 35.5. The van der Waals surface area contributed by atoms with Crippen LogP contribution in [0.15, 0.2) is 34.7 Å². The van der Waals surface area contributed by atoms with Gasteiger partial charge in [0.05, 0.1) is 18.7 Å². The average Bonchev–Trinajstić information content (AvgIpc) is 3.24. The Morgan fingerprint density at radius 1 is 1.31 bits per heavy atom. The quantitative estimate of drug-likeness (QED) is 0.679. The van der Waals surface area contributed by atoms with Crippen LogP contribution in [0.25, 0.3) is 11.3 Å². The lowest BCUT2D eigenvalue weighted by Crippen LogP contribution is -2.28. The van der Waals surface area contributed by atoms with Gasteiger partial charge < -0.3 is 19.4 Å². The van der Waals surface area contributed by atoms with E-state index in [1.165, 1.54) is 0 Å². The molecule has 26 heavy (non-hydrogen) atoms. The predicted molar refractivity (Wildman–Crippen MR) is 105 cm³/mol. The summed E-state index contributed by atoms with van der Waals surface area (Å²) in [5.74, 6) is 2.59. The van der Waals surface area contributed by atoms with Crippen LogP contribution in [0.5, 0.6) is 5.75 Å². The topological polar surface area (TPSA) is 54.7 Å². The van der Waals surface area contributed by atoms with Crippen molar-refractivity contribution in [1.29, 1.82) is 0 Å². The van der Waals surface area contributed by atoms with E-state index in [2.05, 4.69) is 5.32 Å². The molecule has 0 saturated carbocycles. The molecule has 0 aliphatic carbocycles. The van der Waals surface area contributed by atoms with Crippen molar-refractivity contribution < 1.29 is 13.9 Å². The Hall–Kier alpha value is -1.69. The summed E-state index contributed by atoms with van der Waals surface area (Å²) in [6.07, 6.45) is 2.65. The first kappa shape index (κ1) is 20.6. The van der Waals surface area contributed by atoms with Gasteiger partial charge in [0.15, 0.2) is 0 Å². The number of nitrogens with zero attached hydrogens (tertiary/aromatic N) is 1. The number of hydrogen-bond donors (Lipinski definition) is 1. The molecule has 142 valence electrons. The molecule has 2 aromatic rings. The molecule has 0 unspecified atom stereocenters. The summed E-state index contributed by atoms with van der Waals surface area (Å²) in [6.45, 7) is 3.26. The second-order valence-electron chi connectivity index (χ2n) is 6.13. The SMILES string of the molecule is COc1ccc(-c2ccc(CNCCCN3CCCC3=O)o2)cc1Cl.Cl. The first-order valence-corrected chi connectivity index (χ1v) is 8.96. The third-order valence-corrected chi connectivity index (χ3v) is 4.65. The van der Waals surface area contributed by atoms with Crippen molar-refractivity contribution >= 4 is 29.9 Å². The molecule has 5 nitrogen and oxygen atoms in total. The van der Waals surface area contributed by atoms with Crippen LogP contribution < -0.4 is 10.1 Å². The van der Waals surface area contributed by atoms with Gasteiger partial charge in [-0.2, -0.15) is 0 Å². The van der Waals surface area contributed by atoms with Gasteiger partial charge in [-0.25, -0.2) is 0 Å². The number of carbonyl (C=O) groups excluding carboxylic acids is 1. The highest BCUT2D eigenvalue weighted by molar-refractivity contribution is 6.32. The number of furan rings is 1. The average molecular weight is 399 g/mol. The van der Waals surface area contributed by atoms with E-state index < -0.39 is 0 Å². The molecule has 1 aromatic heterocycles. The Labute approximate surface area is 165 Å². The zero-order chi connectivity index (χ0) is 17.6. The van der Waals surface area contributed by atoms with Crippen molar-refractivity contribution in [1.82, 2.24) is 10.2 Å². The minimum Gasteiger partial charge on any atom is -0.495 e. The lowest BCUT2D eigenvalue weighted by Gasteiger charge is -2.15. The second kappa shape index (κ2) is 9.86. The van der Waals surface area contributed by atoms with E-state index in [4.69, 9.17) is 20.8 Å². The summed E-state index contributed by atoms with van der Waals surface area (Å²) in [5, 5.41) is 3.92. The molecular weight excluding hydrogens is 375 g/mol. The number of halogens is 2. The summed E-state index contributed by atoms with van der Waals surface area (Å²) in [5.41, 5.74) is 0.921. The van der Waals surface area contributed by atoms with E-state index in [1.807, 2.05) is 35.2 Å². The smallest absolute Gasteiger partial charge is 0.222 e. The number of nitrogens with one attached hydrogen (secondary N) is 1. The van der Waals surface area contributed by atoms with E-state index in [-0.39, 0.29) is 18.3 Å². The van der Waals surface area contributed by atoms with Gasteiger partial charge in [-0.05, 0) is 49.7 Å². The molecular formula is C19H24Cl2N2O3. The van der Waals surface area contributed by atoms with Crippen molar-refractivity contribution in [2.75, 3.05) is 26.7 Å². The van der Waals surface area contributed by atoms with Gasteiger partial charge in [-0.3, -0.25) is 4.79 Å². The van der Waals surface area contributed by atoms with Gasteiger partial charge in [0.2, 0.25) is 5.91 Å². The summed E-state index contributed by atoms with van der Waals surface area (Å²) >= 11 is 6.16. The van der Waals surface area contributed by atoms with Crippen molar-refractivity contribution in [3.63, 3.8) is 0 Å². The number of ether oxygens (including phenoxy) is 1. The molecule has 1 fully saturated rings. The zero-order valence-electron chi connectivity index (χ0n) is 14.8. The fourth-order valence-corrected chi connectivity index (χ4v) is 3.25. The van der Waals surface area contributed by atoms with Gasteiger partial charge in [0.25, 0.3) is 0 Å². The molecule has 0 radical (unpaired) electrons. The maximum Gasteiger partial charge on any atom is 0.222 e. The van der Waals surface area contributed by atoms with Gasteiger partial charge in [-0.1, -0.05) is 11.6 Å². The van der Waals surface area contributed by atoms with E-state index in [9.17, 15) is 4.79 Å². The second-order valence-corrected chi connectivity index (χ2v) is 6.54. The van der Waals surface area contributed by atoms with Gasteiger partial charge in [0.1, 0.15) is 17.3 Å². The molecule has 1 amide bonds. The number of hydrogen-bond acceptors (Lipinski definition) is 4. The van der Waals surface area contributed by atoms with Crippen LogP contribution in [0.4, 0.5) is 0 Å². The number of likely N-dealkylation sites (tertiary alicyclic amines) is 1. The van der Waals surface area contributed by atoms with Gasteiger partial charge in [0, 0.05) is 25.1 Å². The zero-order valence-corrected chi connectivity index (χ0v) is 16.4. The number of benzene rings is 1. The van der Waals surface area contributed by atoms with Gasteiger partial charge >= 0.3 is 0 Å². The fraction of sp³-hybridized carbons (Fsp3) is 0.421. The third-order valence-electron chi connectivity index (χ3n) is 4.35. The highest BCUT2D eigenvalue weighted by Crippen LogP contribution is 2.31. The van der Waals surface area contributed by atoms with E-state index in [0.717, 1.165) is 49.6 Å². The maximum atomic E-state index is 11.5. The Bertz CT molecular complexity index is 733. The molecule has 7 heteroatoms. The van der Waals surface area contributed by atoms with Crippen LogP contribution in [-0.2, 0) is 11.3 Å². The minimum absolute atomic E-state index is 0. The molecule has 0 bridgehead atoms. The normalized spacial score (nSPS) is 13.8. The molecule has 1 aliphatic rings. The molecule has 0 spiro atoms. The number of methoxy groups -OCH3 is 1. The van der Waals surface area contributed by atoms with Crippen LogP contribution in [0.3, 0.4) is 0 Å². The number of amides is 1. The summed E-state index contributed by atoms with van der Waals surface area (Å²) < 4.78 is 11.0. The maximum absolute atomic E-state index is 11.5. The van der Waals surface area contributed by atoms with Crippen LogP contribution in [-0.4, -0.2) is 37.6 Å². The predicted octanol–water partition coefficient (Wildman–Crippen LogP) is 4.13. The Morgan fingerprint density at radius 3 is 2.85 bits per heavy atom. The number of carbonyl (C=O) groups is 1. The molecule has 1 N–H and O–H groups in total. The first-order valence-electron chi connectivity index (χ1n) is 8.58. The summed E-state index contributed by atoms with van der Waals surface area (Å²) in [6, 6.07) is 9.50. The fourth-order valence-electron chi connectivity index (χ4n) is 2.99. The van der Waals surface area contributed by atoms with Gasteiger partial charge in [-0.15, -0.1) is 12.4 Å². The van der Waals surface area contributed by atoms with Crippen LogP contribution in [0.2, 0.25) is 5.02 Å². The van der Waals surface area contributed by atoms with Crippen molar-refractivity contribution in [2.45, 2.75) is 25.8 Å². The molecule has 0 atom stereocenters. The molecule has 2 heterocycles. The summed E-state index contributed by atoms with van der Waals surface area (Å²) in [7, 11) is 1.59. The highest BCUT2D eigenvalue weighted by Gasteiger charge is 2.18. The first-order chi connectivity index (χ1) is 12.2. The Morgan fingerprint density at radius 2 is 2.15 bits per heavy atom. The van der Waals surface area contributed by atoms with E-state index >= 15 is 0 Å². The summed E-state index contributed by atoms with van der Waals surface area (Å²) in [4.78, 5) is 13.5. The largest absolute Gasteiger partial charge is 0.495 e. The Balaban J connectivity index is 0.00000243. The van der Waals surface area contributed by atoms with Crippen molar-refractivity contribution in [3.8, 4) is 17.1 Å². The van der Waals surface area contributed by atoms with Crippen molar-refractivity contribution in [3.05, 3.63) is 41.1 Å². The number of rotatable bonds is 8. The van der Waals surface area contributed by atoms with E-state index in [0.29, 0.717) is 23.7 Å². The molecule has 3 rings (SSSR count). The molecule has 1 aliphatic heterocycles. The van der Waals surface area contributed by atoms with Crippen molar-refractivity contribution in [2.24, 2.45) is 0 Å². The van der Waals surface area contributed by atoms with Crippen LogP contribution >= 0.6 is 24.0 Å².